The van der Waals surface area contributed by atoms with Gasteiger partial charge in [0.15, 0.2) is 5.79 Å². The Balaban J connectivity index is 1.34. The van der Waals surface area contributed by atoms with Crippen LogP contribution in [0.2, 0.25) is 0 Å². The molecule has 1 saturated heterocycles. The van der Waals surface area contributed by atoms with Gasteiger partial charge >= 0.3 is 5.97 Å². The van der Waals surface area contributed by atoms with Crippen LogP contribution in [0.3, 0.4) is 0 Å². The molecule has 5 rings (SSSR count). The third kappa shape index (κ3) is 3.59. The number of pyridine rings is 1. The SMILES string of the molecule is COC1(OC)CC2(CCN(c3ccc(C(=O)O)c(Oc4cnc5[nH]ccc5c4)c3)CC2)C1. The maximum Gasteiger partial charge on any atom is 0.339 e. The van der Waals surface area contributed by atoms with Gasteiger partial charge in [-0.25, -0.2) is 9.78 Å². The number of ether oxygens (including phenoxy) is 3. The maximum atomic E-state index is 11.8. The second kappa shape index (κ2) is 7.79. The second-order valence-corrected chi connectivity index (χ2v) is 8.83. The van der Waals surface area contributed by atoms with Crippen molar-refractivity contribution in [1.29, 1.82) is 0 Å². The Morgan fingerprint density at radius 2 is 1.88 bits per heavy atom. The molecular formula is C24H27N3O5. The predicted octanol–water partition coefficient (Wildman–Crippen LogP) is 4.42. The second-order valence-electron chi connectivity index (χ2n) is 8.83. The highest BCUT2D eigenvalue weighted by atomic mass is 16.7. The molecule has 0 bridgehead atoms. The fourth-order valence-corrected chi connectivity index (χ4v) is 5.13. The fraction of sp³-hybridized carbons (Fsp3) is 0.417. The van der Waals surface area contributed by atoms with Crippen LogP contribution in [0.4, 0.5) is 5.69 Å². The number of piperidine rings is 1. The van der Waals surface area contributed by atoms with Crippen molar-refractivity contribution in [2.45, 2.75) is 31.5 Å². The number of fused-ring (bicyclic) bond motifs is 1. The van der Waals surface area contributed by atoms with Crippen LogP contribution in [0.15, 0.2) is 42.7 Å². The Kier molecular flexibility index (Phi) is 5.06. The van der Waals surface area contributed by atoms with Gasteiger partial charge in [0.1, 0.15) is 22.7 Å². The number of carboxylic acid groups (broad SMARTS) is 1. The Morgan fingerprint density at radius 3 is 2.56 bits per heavy atom. The van der Waals surface area contributed by atoms with Crippen molar-refractivity contribution in [3.63, 3.8) is 0 Å². The smallest absolute Gasteiger partial charge is 0.339 e. The molecule has 0 radical (unpaired) electrons. The summed E-state index contributed by atoms with van der Waals surface area (Å²) < 4.78 is 17.1. The molecule has 3 heterocycles. The molecule has 3 aromatic rings. The van der Waals surface area contributed by atoms with Crippen molar-refractivity contribution < 1.29 is 24.1 Å². The van der Waals surface area contributed by atoms with Gasteiger partial charge in [-0.3, -0.25) is 0 Å². The molecule has 0 unspecified atom stereocenters. The zero-order valence-electron chi connectivity index (χ0n) is 18.3. The number of carboxylic acids is 1. The van der Waals surface area contributed by atoms with Crippen LogP contribution >= 0.6 is 0 Å². The minimum Gasteiger partial charge on any atom is -0.478 e. The molecule has 8 heteroatoms. The number of methoxy groups -OCH3 is 2. The first kappa shape index (κ1) is 20.8. The highest BCUT2D eigenvalue weighted by molar-refractivity contribution is 5.92. The Bertz CT molecular complexity index is 1140. The van der Waals surface area contributed by atoms with Crippen molar-refractivity contribution in [2.75, 3.05) is 32.2 Å². The van der Waals surface area contributed by atoms with Crippen LogP contribution in [-0.2, 0) is 9.47 Å². The van der Waals surface area contributed by atoms with Gasteiger partial charge in [0, 0.05) is 63.5 Å². The van der Waals surface area contributed by atoms with Crippen LogP contribution in [0.5, 0.6) is 11.5 Å². The highest BCUT2D eigenvalue weighted by Crippen LogP contribution is 2.56. The molecule has 1 spiro atoms. The molecule has 1 aliphatic heterocycles. The van der Waals surface area contributed by atoms with Crippen molar-refractivity contribution in [2.24, 2.45) is 5.41 Å². The monoisotopic (exact) mass is 437 g/mol. The van der Waals surface area contributed by atoms with Gasteiger partial charge in [-0.05, 0) is 42.5 Å². The molecule has 0 atom stereocenters. The standard InChI is InChI=1S/C24H27N3O5/c1-30-24(31-2)14-23(15-24)6-9-27(10-7-23)17-3-4-19(22(28)29)20(12-17)32-18-11-16-5-8-25-21(16)26-13-18/h3-5,8,11-13H,6-7,9-10,14-15H2,1-2H3,(H,25,26)(H,28,29). The quantitative estimate of drug-likeness (QED) is 0.551. The van der Waals surface area contributed by atoms with E-state index in [1.54, 1.807) is 32.7 Å². The van der Waals surface area contributed by atoms with Gasteiger partial charge in [-0.15, -0.1) is 0 Å². The van der Waals surface area contributed by atoms with Crippen molar-refractivity contribution >= 4 is 22.7 Å². The molecule has 2 fully saturated rings. The number of rotatable bonds is 6. The molecular weight excluding hydrogens is 410 g/mol. The van der Waals surface area contributed by atoms with Gasteiger partial charge in [0.2, 0.25) is 0 Å². The molecule has 2 aliphatic rings. The number of aromatic carboxylic acids is 1. The third-order valence-electron chi connectivity index (χ3n) is 7.02. The van der Waals surface area contributed by atoms with Crippen LogP contribution in [0.1, 0.15) is 36.0 Å². The number of benzene rings is 1. The van der Waals surface area contributed by atoms with E-state index in [0.29, 0.717) is 11.5 Å². The van der Waals surface area contributed by atoms with Crippen LogP contribution in [0.25, 0.3) is 11.0 Å². The van der Waals surface area contributed by atoms with E-state index in [2.05, 4.69) is 14.9 Å². The molecule has 1 saturated carbocycles. The summed E-state index contributed by atoms with van der Waals surface area (Å²) in [5.74, 6) is -0.640. The van der Waals surface area contributed by atoms with E-state index in [4.69, 9.17) is 14.2 Å². The van der Waals surface area contributed by atoms with Crippen LogP contribution < -0.4 is 9.64 Å². The minimum absolute atomic E-state index is 0.125. The average molecular weight is 437 g/mol. The Labute approximate surface area is 186 Å². The summed E-state index contributed by atoms with van der Waals surface area (Å²) in [6.45, 7) is 1.79. The van der Waals surface area contributed by atoms with E-state index in [-0.39, 0.29) is 11.0 Å². The Hall–Kier alpha value is -3.10. The zero-order valence-corrected chi connectivity index (χ0v) is 18.3. The predicted molar refractivity (Wildman–Crippen MR) is 119 cm³/mol. The van der Waals surface area contributed by atoms with E-state index in [1.807, 2.05) is 24.3 Å². The molecule has 8 nitrogen and oxygen atoms in total. The largest absolute Gasteiger partial charge is 0.478 e. The van der Waals surface area contributed by atoms with E-state index >= 15 is 0 Å². The molecule has 32 heavy (non-hydrogen) atoms. The number of anilines is 1. The van der Waals surface area contributed by atoms with Crippen LogP contribution in [-0.4, -0.2) is 54.1 Å². The zero-order chi connectivity index (χ0) is 22.3. The first-order valence-corrected chi connectivity index (χ1v) is 10.8. The number of H-pyrrole nitrogens is 1. The lowest BCUT2D eigenvalue weighted by molar-refractivity contribution is -0.300. The number of hydrogen-bond acceptors (Lipinski definition) is 6. The number of aromatic nitrogens is 2. The van der Waals surface area contributed by atoms with Gasteiger partial charge in [-0.1, -0.05) is 0 Å². The van der Waals surface area contributed by atoms with Gasteiger partial charge in [0.25, 0.3) is 0 Å². The number of nitrogens with zero attached hydrogens (tertiary/aromatic N) is 2. The highest BCUT2D eigenvalue weighted by Gasteiger charge is 2.56. The number of carbonyl (C=O) groups is 1. The molecule has 0 amide bonds. The molecule has 2 N–H and O–H groups in total. The van der Waals surface area contributed by atoms with Gasteiger partial charge in [-0.2, -0.15) is 0 Å². The lowest BCUT2D eigenvalue weighted by Gasteiger charge is -2.57. The minimum atomic E-state index is -1.02. The summed E-state index contributed by atoms with van der Waals surface area (Å²) in [6, 6.07) is 9.03. The molecule has 1 aromatic carbocycles. The number of nitrogens with one attached hydrogen (secondary N) is 1. The molecule has 1 aliphatic carbocycles. The lowest BCUT2D eigenvalue weighted by Crippen LogP contribution is -2.58. The third-order valence-corrected chi connectivity index (χ3v) is 7.02. The first-order valence-electron chi connectivity index (χ1n) is 10.8. The topological polar surface area (TPSA) is 96.9 Å². The van der Waals surface area contributed by atoms with Crippen molar-refractivity contribution in [3.05, 3.63) is 48.3 Å². The van der Waals surface area contributed by atoms with E-state index < -0.39 is 11.8 Å². The van der Waals surface area contributed by atoms with Gasteiger partial charge in [0.05, 0.1) is 6.20 Å². The van der Waals surface area contributed by atoms with E-state index in [0.717, 1.165) is 55.5 Å². The molecule has 2 aromatic heterocycles. The number of aromatic amines is 1. The molecule has 168 valence electrons. The summed E-state index contributed by atoms with van der Waals surface area (Å²) in [5.41, 5.74) is 2.11. The fourth-order valence-electron chi connectivity index (χ4n) is 5.13. The van der Waals surface area contributed by atoms with Crippen molar-refractivity contribution in [1.82, 2.24) is 9.97 Å². The van der Waals surface area contributed by atoms with E-state index in [9.17, 15) is 9.90 Å². The summed E-state index contributed by atoms with van der Waals surface area (Å²) in [5, 5.41) is 10.6. The van der Waals surface area contributed by atoms with Crippen LogP contribution in [0, 0.1) is 5.41 Å². The van der Waals surface area contributed by atoms with Gasteiger partial charge < -0.3 is 29.2 Å². The summed E-state index contributed by atoms with van der Waals surface area (Å²) >= 11 is 0. The summed E-state index contributed by atoms with van der Waals surface area (Å²) in [6.07, 6.45) is 7.33. The van der Waals surface area contributed by atoms with Crippen molar-refractivity contribution in [3.8, 4) is 11.5 Å². The Morgan fingerprint density at radius 1 is 1.12 bits per heavy atom. The normalized spacial score (nSPS) is 19.1. The lowest BCUT2D eigenvalue weighted by atomic mass is 9.59. The maximum absolute atomic E-state index is 11.8. The first-order chi connectivity index (χ1) is 15.4. The number of hydrogen-bond donors (Lipinski definition) is 2. The van der Waals surface area contributed by atoms with E-state index in [1.165, 1.54) is 0 Å². The summed E-state index contributed by atoms with van der Waals surface area (Å²) in [7, 11) is 3.42. The average Bonchev–Trinajstić information content (AvgIpc) is 3.25. The summed E-state index contributed by atoms with van der Waals surface area (Å²) in [4.78, 5) is 21.4.